The third-order valence-electron chi connectivity index (χ3n) is 11.4. The van der Waals surface area contributed by atoms with Crippen LogP contribution in [0.1, 0.15) is 49.9 Å². The summed E-state index contributed by atoms with van der Waals surface area (Å²) in [6, 6.07) is 51.7. The molecule has 5 aromatic carbocycles. The van der Waals surface area contributed by atoms with Crippen molar-refractivity contribution < 1.29 is 18.7 Å². The lowest BCUT2D eigenvalue weighted by atomic mass is 9.83. The molecule has 7 aromatic rings. The van der Waals surface area contributed by atoms with Crippen LogP contribution in [-0.4, -0.2) is 10.9 Å². The van der Waals surface area contributed by atoms with Gasteiger partial charge in [-0.1, -0.05) is 96.6 Å². The van der Waals surface area contributed by atoms with Crippen LogP contribution in [0.5, 0.6) is 0 Å². The first-order chi connectivity index (χ1) is 25.6. The molecule has 0 saturated carbocycles. The SMILES string of the molecule is Cc1ccc(-c2cc3[n+]4c(c2)-c2ccccc2C42c4c(cc(-c5ccccc5)cc4C4c5ccccc5C=CN42)-c2cccc[n+]2COC3=O)cc1. The van der Waals surface area contributed by atoms with Crippen molar-refractivity contribution in [3.8, 4) is 44.8 Å². The van der Waals surface area contributed by atoms with E-state index in [0.29, 0.717) is 5.69 Å². The molecule has 11 rings (SSSR count). The van der Waals surface area contributed by atoms with Gasteiger partial charge >= 0.3 is 5.97 Å². The predicted molar refractivity (Wildman–Crippen MR) is 201 cm³/mol. The van der Waals surface area contributed by atoms with Crippen LogP contribution in [0.2, 0.25) is 0 Å². The molecular formula is C47H33N3O2+2. The highest BCUT2D eigenvalue weighted by molar-refractivity contribution is 5.90. The minimum Gasteiger partial charge on any atom is -0.397 e. The molecule has 2 unspecified atom stereocenters. The molecule has 0 fully saturated rings. The van der Waals surface area contributed by atoms with E-state index in [-0.39, 0.29) is 18.7 Å². The first kappa shape index (κ1) is 29.2. The molecule has 5 nitrogen and oxygen atoms in total. The summed E-state index contributed by atoms with van der Waals surface area (Å²) in [5, 5.41) is 0. The first-order valence-corrected chi connectivity index (χ1v) is 17.8. The Morgan fingerprint density at radius 2 is 1.38 bits per heavy atom. The number of cyclic esters (lactones) is 1. The first-order valence-electron chi connectivity index (χ1n) is 17.8. The van der Waals surface area contributed by atoms with Gasteiger partial charge < -0.3 is 4.74 Å². The monoisotopic (exact) mass is 671 g/mol. The van der Waals surface area contributed by atoms with Gasteiger partial charge in [0.05, 0.1) is 28.3 Å². The second kappa shape index (κ2) is 10.7. The number of aromatic nitrogens is 2. The highest BCUT2D eigenvalue weighted by atomic mass is 16.5. The van der Waals surface area contributed by atoms with Crippen LogP contribution in [0.3, 0.4) is 0 Å². The molecule has 52 heavy (non-hydrogen) atoms. The number of pyridine rings is 2. The lowest BCUT2D eigenvalue weighted by molar-refractivity contribution is -0.752. The quantitative estimate of drug-likeness (QED) is 0.136. The Morgan fingerprint density at radius 1 is 0.654 bits per heavy atom. The Labute approximate surface area is 302 Å². The van der Waals surface area contributed by atoms with Crippen LogP contribution < -0.4 is 9.13 Å². The van der Waals surface area contributed by atoms with E-state index in [1.54, 1.807) is 0 Å². The molecule has 5 heteroatoms. The van der Waals surface area contributed by atoms with E-state index in [1.165, 1.54) is 27.8 Å². The van der Waals surface area contributed by atoms with Gasteiger partial charge in [-0.2, -0.15) is 9.13 Å². The Kier molecular flexibility index (Phi) is 6.01. The standard InChI is InChI=1S/C47H33N3O2/c1-30-18-20-32(21-19-30)35-27-42-37-15-7-8-16-40(37)47-44-38(41-17-9-10-23-48(41)29-52-46(51)43(28-35)50(42)47)25-34(31-11-3-2-4-12-31)26-39(44)45-36-14-6-5-13-33(36)22-24-49(45)47/h2-28,45H,29H2,1H3/q+2. The average Bonchev–Trinajstić information content (AvgIpc) is 3.67. The van der Waals surface area contributed by atoms with E-state index in [9.17, 15) is 4.79 Å². The molecule has 0 aliphatic carbocycles. The number of aryl methyl sites for hydroxylation is 1. The Balaban J connectivity index is 1.34. The molecule has 2 aromatic heterocycles. The maximum Gasteiger partial charge on any atom is 0.408 e. The smallest absolute Gasteiger partial charge is 0.397 e. The van der Waals surface area contributed by atoms with Crippen LogP contribution in [0.15, 0.2) is 158 Å². The van der Waals surface area contributed by atoms with Crippen LogP contribution in [0.4, 0.5) is 0 Å². The molecule has 1 spiro atoms. The third-order valence-corrected chi connectivity index (χ3v) is 11.4. The third kappa shape index (κ3) is 3.85. The second-order valence-corrected chi connectivity index (χ2v) is 14.2. The van der Waals surface area contributed by atoms with Crippen LogP contribution in [0.25, 0.3) is 50.8 Å². The molecule has 0 saturated heterocycles. The van der Waals surface area contributed by atoms with Gasteiger partial charge in [0, 0.05) is 30.5 Å². The summed E-state index contributed by atoms with van der Waals surface area (Å²) in [4.78, 5) is 17.2. The molecule has 0 bridgehead atoms. The topological polar surface area (TPSA) is 37.3 Å². The van der Waals surface area contributed by atoms with Crippen LogP contribution in [0, 0.1) is 6.92 Å². The number of carbonyl (C=O) groups is 1. The van der Waals surface area contributed by atoms with Crippen molar-refractivity contribution in [2.24, 2.45) is 0 Å². The molecule has 6 heterocycles. The Morgan fingerprint density at radius 3 is 2.27 bits per heavy atom. The molecule has 0 N–H and O–H groups in total. The number of nitrogens with zero attached hydrogens (tertiary/aromatic N) is 3. The lowest BCUT2D eigenvalue weighted by Gasteiger charge is -2.37. The predicted octanol–water partition coefficient (Wildman–Crippen LogP) is 8.82. The maximum absolute atomic E-state index is 14.7. The van der Waals surface area contributed by atoms with Gasteiger partial charge in [-0.25, -0.2) is 4.79 Å². The molecule has 4 aliphatic heterocycles. The highest BCUT2D eigenvalue weighted by Crippen LogP contribution is 2.60. The molecule has 0 radical (unpaired) electrons. The van der Waals surface area contributed by atoms with Crippen molar-refractivity contribution in [2.45, 2.75) is 25.4 Å². The fourth-order valence-corrected chi connectivity index (χ4v) is 9.19. The summed E-state index contributed by atoms with van der Waals surface area (Å²) in [7, 11) is 0. The molecule has 246 valence electrons. The second-order valence-electron chi connectivity index (χ2n) is 14.2. The molecular weight excluding hydrogens is 639 g/mol. The van der Waals surface area contributed by atoms with E-state index < -0.39 is 5.66 Å². The van der Waals surface area contributed by atoms with Crippen molar-refractivity contribution in [3.63, 3.8) is 0 Å². The molecule has 0 amide bonds. The van der Waals surface area contributed by atoms with Crippen LogP contribution in [-0.2, 0) is 17.1 Å². The zero-order valence-corrected chi connectivity index (χ0v) is 28.5. The summed E-state index contributed by atoms with van der Waals surface area (Å²) in [5.41, 5.74) is 15.3. The van der Waals surface area contributed by atoms with Gasteiger partial charge in [0.25, 0.3) is 18.1 Å². The summed E-state index contributed by atoms with van der Waals surface area (Å²) in [6.45, 7) is 2.18. The van der Waals surface area contributed by atoms with Crippen LogP contribution >= 0.6 is 0 Å². The number of esters is 1. The number of carbonyl (C=O) groups excluding carboxylic acids is 1. The Bertz CT molecular complexity index is 2680. The maximum atomic E-state index is 14.7. The normalized spacial score (nSPS) is 18.4. The fourth-order valence-electron chi connectivity index (χ4n) is 9.19. The summed E-state index contributed by atoms with van der Waals surface area (Å²) in [5.74, 6) is -0.361. The van der Waals surface area contributed by atoms with Gasteiger partial charge in [0.2, 0.25) is 11.4 Å². The van der Waals surface area contributed by atoms with Gasteiger partial charge in [-0.3, -0.25) is 4.90 Å². The van der Waals surface area contributed by atoms with E-state index >= 15 is 0 Å². The Hall–Kier alpha value is -6.59. The van der Waals surface area contributed by atoms with Gasteiger partial charge in [-0.05, 0) is 82.3 Å². The van der Waals surface area contributed by atoms with E-state index in [4.69, 9.17) is 4.74 Å². The van der Waals surface area contributed by atoms with Crippen molar-refractivity contribution in [2.75, 3.05) is 0 Å². The summed E-state index contributed by atoms with van der Waals surface area (Å²) < 4.78 is 10.7. The average molecular weight is 672 g/mol. The van der Waals surface area contributed by atoms with Crippen molar-refractivity contribution in [1.82, 2.24) is 4.90 Å². The van der Waals surface area contributed by atoms with E-state index in [2.05, 4.69) is 167 Å². The largest absolute Gasteiger partial charge is 0.408 e. The zero-order chi connectivity index (χ0) is 34.6. The number of benzene rings is 5. The number of hydrogen-bond donors (Lipinski definition) is 0. The number of ether oxygens (including phenoxy) is 1. The van der Waals surface area contributed by atoms with E-state index in [0.717, 1.165) is 50.3 Å². The van der Waals surface area contributed by atoms with Crippen molar-refractivity contribution in [1.29, 1.82) is 0 Å². The zero-order valence-electron chi connectivity index (χ0n) is 28.5. The number of rotatable bonds is 2. The number of fused-ring (bicyclic) bond motifs is 8. The summed E-state index contributed by atoms with van der Waals surface area (Å²) in [6.07, 6.45) is 6.50. The lowest BCUT2D eigenvalue weighted by Crippen LogP contribution is -2.65. The molecule has 4 aliphatic rings. The molecule has 2 atom stereocenters. The van der Waals surface area contributed by atoms with Crippen molar-refractivity contribution >= 4 is 12.0 Å². The van der Waals surface area contributed by atoms with Gasteiger partial charge in [0.15, 0.2) is 6.20 Å². The van der Waals surface area contributed by atoms with Crippen molar-refractivity contribution in [3.05, 3.63) is 197 Å². The summed E-state index contributed by atoms with van der Waals surface area (Å²) >= 11 is 0. The van der Waals surface area contributed by atoms with E-state index in [1.807, 2.05) is 18.3 Å². The minimum absolute atomic E-state index is 0.0826. The van der Waals surface area contributed by atoms with Gasteiger partial charge in [0.1, 0.15) is 0 Å². The van der Waals surface area contributed by atoms with Gasteiger partial charge in [-0.15, -0.1) is 0 Å². The fraction of sp³-hybridized carbons (Fsp3) is 0.0851. The highest BCUT2D eigenvalue weighted by Gasteiger charge is 2.67. The minimum atomic E-state index is -0.911. The number of hydrogen-bond acceptors (Lipinski definition) is 3.